The average molecular weight is 384 g/mol. The molecule has 2 saturated heterocycles. The molecule has 2 aromatic rings. The Morgan fingerprint density at radius 1 is 0.893 bits per heavy atom. The molecule has 2 aliphatic rings. The van der Waals surface area contributed by atoms with Crippen molar-refractivity contribution in [1.82, 2.24) is 0 Å². The van der Waals surface area contributed by atoms with E-state index in [9.17, 15) is 0 Å². The van der Waals surface area contributed by atoms with Gasteiger partial charge in [-0.05, 0) is 31.9 Å². The zero-order chi connectivity index (χ0) is 19.6. The van der Waals surface area contributed by atoms with Crippen LogP contribution in [0, 0.1) is 0 Å². The lowest BCUT2D eigenvalue weighted by Gasteiger charge is -2.29. The molecular weight excluding hydrogens is 356 g/mol. The minimum atomic E-state index is -0.678. The van der Waals surface area contributed by atoms with Crippen LogP contribution < -0.4 is 0 Å². The summed E-state index contributed by atoms with van der Waals surface area (Å²) >= 11 is 0. The molecule has 2 heterocycles. The molecule has 0 aromatic heterocycles. The van der Waals surface area contributed by atoms with Crippen LogP contribution >= 0.6 is 0 Å². The first-order chi connectivity index (χ1) is 13.5. The first-order valence-corrected chi connectivity index (χ1v) is 9.84. The van der Waals surface area contributed by atoms with E-state index in [1.807, 2.05) is 69.3 Å². The second kappa shape index (κ2) is 8.31. The number of benzene rings is 2. The molecule has 2 aliphatic heterocycles. The average Bonchev–Trinajstić information content (AvgIpc) is 3.18. The molecule has 5 atom stereocenters. The van der Waals surface area contributed by atoms with E-state index in [0.29, 0.717) is 13.2 Å². The van der Waals surface area contributed by atoms with Gasteiger partial charge in [0.25, 0.3) is 0 Å². The number of hydrogen-bond donors (Lipinski definition) is 0. The fraction of sp³-hybridized carbons (Fsp3) is 0.478. The van der Waals surface area contributed by atoms with Crippen LogP contribution in [-0.2, 0) is 36.9 Å². The first-order valence-electron chi connectivity index (χ1n) is 9.84. The van der Waals surface area contributed by atoms with Gasteiger partial charge in [0.2, 0.25) is 0 Å². The molecule has 2 aromatic carbocycles. The van der Waals surface area contributed by atoms with Gasteiger partial charge < -0.3 is 23.7 Å². The summed E-state index contributed by atoms with van der Waals surface area (Å²) in [5.41, 5.74) is 2.24. The fourth-order valence-corrected chi connectivity index (χ4v) is 3.74. The van der Waals surface area contributed by atoms with E-state index < -0.39 is 12.1 Å². The number of fused-ring (bicyclic) bond motifs is 1. The van der Waals surface area contributed by atoms with Crippen LogP contribution in [0.4, 0.5) is 0 Å². The van der Waals surface area contributed by atoms with Gasteiger partial charge in [0.05, 0.1) is 19.3 Å². The van der Waals surface area contributed by atoms with Gasteiger partial charge in [-0.2, -0.15) is 0 Å². The fourth-order valence-electron chi connectivity index (χ4n) is 3.74. The summed E-state index contributed by atoms with van der Waals surface area (Å²) in [6.07, 6.45) is -1.41. The van der Waals surface area contributed by atoms with E-state index in [1.165, 1.54) is 0 Å². The molecule has 0 spiro atoms. The van der Waals surface area contributed by atoms with Crippen molar-refractivity contribution in [2.45, 2.75) is 70.5 Å². The third kappa shape index (κ3) is 4.45. The lowest BCUT2D eigenvalue weighted by molar-refractivity contribution is -0.233. The van der Waals surface area contributed by atoms with Gasteiger partial charge in [0.15, 0.2) is 12.1 Å². The third-order valence-corrected chi connectivity index (χ3v) is 5.13. The van der Waals surface area contributed by atoms with E-state index in [2.05, 4.69) is 12.1 Å². The summed E-state index contributed by atoms with van der Waals surface area (Å²) in [6.45, 7) is 6.82. The summed E-state index contributed by atoms with van der Waals surface area (Å²) in [4.78, 5) is 0. The molecule has 0 unspecified atom stereocenters. The van der Waals surface area contributed by atoms with E-state index in [0.717, 1.165) is 11.1 Å². The maximum atomic E-state index is 6.27. The largest absolute Gasteiger partial charge is 0.371 e. The van der Waals surface area contributed by atoms with Crippen molar-refractivity contribution in [1.29, 1.82) is 0 Å². The Labute approximate surface area is 166 Å². The maximum Gasteiger partial charge on any atom is 0.190 e. The second-order valence-electron chi connectivity index (χ2n) is 7.83. The zero-order valence-electron chi connectivity index (χ0n) is 16.6. The Balaban J connectivity index is 1.43. The lowest BCUT2D eigenvalue weighted by atomic mass is 10.1. The Morgan fingerprint density at radius 3 is 2.14 bits per heavy atom. The van der Waals surface area contributed by atoms with Gasteiger partial charge in [-0.1, -0.05) is 60.7 Å². The predicted molar refractivity (Wildman–Crippen MR) is 104 cm³/mol. The van der Waals surface area contributed by atoms with Gasteiger partial charge in [0.1, 0.15) is 18.3 Å². The number of hydrogen-bond acceptors (Lipinski definition) is 5. The van der Waals surface area contributed by atoms with Crippen molar-refractivity contribution in [2.75, 3.05) is 0 Å². The van der Waals surface area contributed by atoms with E-state index in [4.69, 9.17) is 23.7 Å². The molecule has 0 amide bonds. The summed E-state index contributed by atoms with van der Waals surface area (Å²) in [7, 11) is 0. The minimum absolute atomic E-state index is 0.165. The van der Waals surface area contributed by atoms with Crippen molar-refractivity contribution >= 4 is 0 Å². The highest BCUT2D eigenvalue weighted by Crippen LogP contribution is 2.40. The molecule has 5 heteroatoms. The van der Waals surface area contributed by atoms with E-state index >= 15 is 0 Å². The van der Waals surface area contributed by atoms with Crippen LogP contribution in [-0.4, -0.2) is 36.5 Å². The SMILES string of the molecule is C[C@H](OCc1ccccc1)[C@H]1O[C@@H]2OC(C)(C)O[C@@H]2[C@H]1OCc1ccccc1. The van der Waals surface area contributed by atoms with Crippen molar-refractivity contribution in [3.05, 3.63) is 71.8 Å². The highest BCUT2D eigenvalue weighted by atomic mass is 16.8. The van der Waals surface area contributed by atoms with Crippen LogP contribution in [0.1, 0.15) is 31.9 Å². The zero-order valence-corrected chi connectivity index (χ0v) is 16.6. The Bertz CT molecular complexity index is 748. The standard InChI is InChI=1S/C23H28O5/c1-16(24-14-17-10-6-4-7-11-17)19-20(25-15-18-12-8-5-9-13-18)21-22(26-19)28-23(2,3)27-21/h4-13,16,19-22H,14-15H2,1-3H3/t16-,19+,20-,21+,22+/m0/s1. The van der Waals surface area contributed by atoms with Gasteiger partial charge >= 0.3 is 0 Å². The van der Waals surface area contributed by atoms with E-state index in [-0.39, 0.29) is 24.4 Å². The van der Waals surface area contributed by atoms with Crippen LogP contribution in [0.15, 0.2) is 60.7 Å². The van der Waals surface area contributed by atoms with Gasteiger partial charge in [0, 0.05) is 0 Å². The molecule has 150 valence electrons. The predicted octanol–water partition coefficient (Wildman–Crippen LogP) is 4.05. The highest BCUT2D eigenvalue weighted by molar-refractivity contribution is 5.14. The van der Waals surface area contributed by atoms with Crippen LogP contribution in [0.25, 0.3) is 0 Å². The Hall–Kier alpha value is -1.76. The van der Waals surface area contributed by atoms with Gasteiger partial charge in [-0.3, -0.25) is 0 Å². The van der Waals surface area contributed by atoms with Crippen molar-refractivity contribution in [3.8, 4) is 0 Å². The van der Waals surface area contributed by atoms with Gasteiger partial charge in [-0.15, -0.1) is 0 Å². The number of ether oxygens (including phenoxy) is 5. The molecule has 4 rings (SSSR count). The maximum absolute atomic E-state index is 6.27. The molecule has 28 heavy (non-hydrogen) atoms. The van der Waals surface area contributed by atoms with Crippen LogP contribution in [0.2, 0.25) is 0 Å². The molecule has 0 radical (unpaired) electrons. The molecule has 0 N–H and O–H groups in total. The minimum Gasteiger partial charge on any atom is -0.371 e. The quantitative estimate of drug-likeness (QED) is 0.721. The lowest BCUT2D eigenvalue weighted by Crippen LogP contribution is -2.42. The second-order valence-corrected chi connectivity index (χ2v) is 7.83. The van der Waals surface area contributed by atoms with Crippen LogP contribution in [0.5, 0.6) is 0 Å². The summed E-state index contributed by atoms with van der Waals surface area (Å²) in [6, 6.07) is 20.2. The number of rotatable bonds is 7. The first kappa shape index (κ1) is 19.6. The van der Waals surface area contributed by atoms with Crippen molar-refractivity contribution in [2.24, 2.45) is 0 Å². The Morgan fingerprint density at radius 2 is 1.50 bits per heavy atom. The molecule has 0 saturated carbocycles. The smallest absolute Gasteiger partial charge is 0.190 e. The summed E-state index contributed by atoms with van der Waals surface area (Å²) in [5.74, 6) is -0.678. The Kier molecular flexibility index (Phi) is 5.80. The third-order valence-electron chi connectivity index (χ3n) is 5.13. The monoisotopic (exact) mass is 384 g/mol. The summed E-state index contributed by atoms with van der Waals surface area (Å²) < 4.78 is 30.5. The molecule has 0 bridgehead atoms. The summed E-state index contributed by atoms with van der Waals surface area (Å²) in [5, 5.41) is 0. The van der Waals surface area contributed by atoms with Crippen molar-refractivity contribution < 1.29 is 23.7 Å². The van der Waals surface area contributed by atoms with Crippen LogP contribution in [0.3, 0.4) is 0 Å². The van der Waals surface area contributed by atoms with Gasteiger partial charge in [-0.25, -0.2) is 0 Å². The molecule has 0 aliphatic carbocycles. The normalized spacial score (nSPS) is 29.5. The molecule has 5 nitrogen and oxygen atoms in total. The topological polar surface area (TPSA) is 46.2 Å². The van der Waals surface area contributed by atoms with Crippen molar-refractivity contribution in [3.63, 3.8) is 0 Å². The highest BCUT2D eigenvalue weighted by Gasteiger charge is 2.56. The molecular formula is C23H28O5. The van der Waals surface area contributed by atoms with E-state index in [1.54, 1.807) is 0 Å². The molecule has 2 fully saturated rings.